The molecule has 184 valence electrons. The largest absolute Gasteiger partial charge is 0.348 e. The number of fused-ring (bicyclic) bond motifs is 1. The van der Waals surface area contributed by atoms with Crippen LogP contribution in [0.25, 0.3) is 10.8 Å². The summed E-state index contributed by atoms with van der Waals surface area (Å²) in [6.07, 6.45) is 2.27. The number of nitrogens with one attached hydrogen (secondary N) is 2. The fourth-order valence-corrected chi connectivity index (χ4v) is 4.98. The van der Waals surface area contributed by atoms with Crippen molar-refractivity contribution in [3.8, 4) is 0 Å². The number of carbonyl (C=O) groups is 3. The standard InChI is InChI=1S/C24H32N4O5S/c1-18(21-8-4-6-20-5-2-3-7-22(20)21)27-12-9-19(10-13-27)16-28(34(32)33)17-24(31)26-15-23(30)25-11-14-29/h2-8,14,18-19H,9-13,15-17H2,1H3,(H,25,30)(H,26,31)(H,32,33). The summed E-state index contributed by atoms with van der Waals surface area (Å²) in [5.74, 6) is -0.828. The first-order valence-electron chi connectivity index (χ1n) is 11.4. The van der Waals surface area contributed by atoms with Crippen molar-refractivity contribution in [3.63, 3.8) is 0 Å². The van der Waals surface area contributed by atoms with Gasteiger partial charge in [-0.1, -0.05) is 42.5 Å². The van der Waals surface area contributed by atoms with Gasteiger partial charge in [-0.3, -0.25) is 19.0 Å². The first kappa shape index (κ1) is 26.0. The van der Waals surface area contributed by atoms with Crippen molar-refractivity contribution in [2.45, 2.75) is 25.8 Å². The maximum atomic E-state index is 12.1. The van der Waals surface area contributed by atoms with Crippen LogP contribution in [0.5, 0.6) is 0 Å². The summed E-state index contributed by atoms with van der Waals surface area (Å²) in [6, 6.07) is 15.0. The van der Waals surface area contributed by atoms with E-state index in [1.807, 2.05) is 6.07 Å². The van der Waals surface area contributed by atoms with Crippen molar-refractivity contribution in [2.24, 2.45) is 5.92 Å². The van der Waals surface area contributed by atoms with Gasteiger partial charge in [-0.15, -0.1) is 0 Å². The van der Waals surface area contributed by atoms with Crippen molar-refractivity contribution in [2.75, 3.05) is 39.3 Å². The van der Waals surface area contributed by atoms with E-state index in [1.165, 1.54) is 20.6 Å². The zero-order valence-corrected chi connectivity index (χ0v) is 20.1. The highest BCUT2D eigenvalue weighted by molar-refractivity contribution is 7.76. The van der Waals surface area contributed by atoms with Crippen LogP contribution in [0.2, 0.25) is 0 Å². The lowest BCUT2D eigenvalue weighted by atomic mass is 9.93. The quantitative estimate of drug-likeness (QED) is 0.326. The molecule has 3 N–H and O–H groups in total. The van der Waals surface area contributed by atoms with Crippen molar-refractivity contribution >= 4 is 40.1 Å². The van der Waals surface area contributed by atoms with E-state index in [1.54, 1.807) is 0 Å². The monoisotopic (exact) mass is 488 g/mol. The predicted molar refractivity (Wildman–Crippen MR) is 131 cm³/mol. The van der Waals surface area contributed by atoms with Gasteiger partial charge < -0.3 is 15.4 Å². The molecule has 0 bridgehead atoms. The Hall–Kier alpha value is -2.66. The second kappa shape index (κ2) is 12.7. The average Bonchev–Trinajstić information content (AvgIpc) is 2.85. The fraction of sp³-hybridized carbons (Fsp3) is 0.458. The molecule has 2 atom stereocenters. The lowest BCUT2D eigenvalue weighted by molar-refractivity contribution is -0.126. The Balaban J connectivity index is 1.50. The van der Waals surface area contributed by atoms with Crippen LogP contribution in [0.4, 0.5) is 0 Å². The van der Waals surface area contributed by atoms with Gasteiger partial charge in [0.25, 0.3) is 0 Å². The van der Waals surface area contributed by atoms with Crippen molar-refractivity contribution in [1.29, 1.82) is 0 Å². The molecule has 2 unspecified atom stereocenters. The van der Waals surface area contributed by atoms with Crippen molar-refractivity contribution in [1.82, 2.24) is 19.8 Å². The SMILES string of the molecule is CC(c1cccc2ccccc12)N1CCC(CN(CC(=O)NCC(=O)NCC=O)S(=O)O)CC1. The summed E-state index contributed by atoms with van der Waals surface area (Å²) >= 11 is -2.30. The topological polar surface area (TPSA) is 119 Å². The van der Waals surface area contributed by atoms with E-state index in [2.05, 4.69) is 58.9 Å². The van der Waals surface area contributed by atoms with E-state index in [-0.39, 0.29) is 31.6 Å². The van der Waals surface area contributed by atoms with Crippen molar-refractivity contribution < 1.29 is 23.1 Å². The molecule has 0 spiro atoms. The summed E-state index contributed by atoms with van der Waals surface area (Å²) in [4.78, 5) is 36.3. The zero-order valence-electron chi connectivity index (χ0n) is 19.3. The average molecular weight is 489 g/mol. The molecule has 34 heavy (non-hydrogen) atoms. The Morgan fingerprint density at radius 1 is 1.15 bits per heavy atom. The normalized spacial score (nSPS) is 16.8. The molecule has 1 aliphatic rings. The van der Waals surface area contributed by atoms with E-state index >= 15 is 0 Å². The van der Waals surface area contributed by atoms with Crippen LogP contribution >= 0.6 is 0 Å². The van der Waals surface area contributed by atoms with Gasteiger partial charge in [0.1, 0.15) is 6.29 Å². The minimum atomic E-state index is -2.30. The molecule has 1 aliphatic heterocycles. The van der Waals surface area contributed by atoms with Crippen LogP contribution in [-0.2, 0) is 25.7 Å². The molecule has 2 aromatic carbocycles. The number of nitrogens with zero attached hydrogens (tertiary/aromatic N) is 2. The smallest absolute Gasteiger partial charge is 0.239 e. The number of rotatable bonds is 11. The maximum absolute atomic E-state index is 12.1. The molecule has 1 heterocycles. The van der Waals surface area contributed by atoms with Gasteiger partial charge in [0.15, 0.2) is 0 Å². The van der Waals surface area contributed by atoms with Crippen LogP contribution in [-0.4, -0.2) is 75.3 Å². The Kier molecular flexibility index (Phi) is 9.70. The number of amides is 2. The molecule has 0 aromatic heterocycles. The highest BCUT2D eigenvalue weighted by Gasteiger charge is 2.27. The van der Waals surface area contributed by atoms with Crippen LogP contribution in [0.15, 0.2) is 42.5 Å². The Labute approximate surface area is 202 Å². The van der Waals surface area contributed by atoms with Gasteiger partial charge in [0.05, 0.1) is 19.6 Å². The number of piperidine rings is 1. The van der Waals surface area contributed by atoms with E-state index in [4.69, 9.17) is 0 Å². The second-order valence-electron chi connectivity index (χ2n) is 8.52. The summed E-state index contributed by atoms with van der Waals surface area (Å²) in [6.45, 7) is 3.57. The fourth-order valence-electron chi connectivity index (χ4n) is 4.42. The molecule has 0 saturated carbocycles. The number of hydrogen-bond donors (Lipinski definition) is 3. The number of benzene rings is 2. The Bertz CT molecular complexity index is 1020. The number of aldehydes is 1. The molecule has 3 rings (SSSR count). The third-order valence-electron chi connectivity index (χ3n) is 6.30. The molecular formula is C24H32N4O5S. The second-order valence-corrected chi connectivity index (χ2v) is 9.50. The van der Waals surface area contributed by atoms with Gasteiger partial charge in [-0.2, -0.15) is 4.31 Å². The lowest BCUT2D eigenvalue weighted by Gasteiger charge is -2.37. The van der Waals surface area contributed by atoms with Gasteiger partial charge >= 0.3 is 0 Å². The zero-order chi connectivity index (χ0) is 24.5. The van der Waals surface area contributed by atoms with E-state index in [9.17, 15) is 23.1 Å². The van der Waals surface area contributed by atoms with E-state index in [0.717, 1.165) is 25.9 Å². The van der Waals surface area contributed by atoms with Crippen LogP contribution in [0.1, 0.15) is 31.4 Å². The minimum absolute atomic E-state index is 0.126. The highest BCUT2D eigenvalue weighted by atomic mass is 32.2. The molecular weight excluding hydrogens is 456 g/mol. The summed E-state index contributed by atoms with van der Waals surface area (Å²) in [7, 11) is 0. The molecule has 0 aliphatic carbocycles. The van der Waals surface area contributed by atoms with Crippen LogP contribution < -0.4 is 10.6 Å². The number of carbonyl (C=O) groups excluding carboxylic acids is 3. The minimum Gasteiger partial charge on any atom is -0.348 e. The number of hydrogen-bond acceptors (Lipinski definition) is 5. The maximum Gasteiger partial charge on any atom is 0.239 e. The Morgan fingerprint density at radius 3 is 2.56 bits per heavy atom. The molecule has 2 aromatic rings. The van der Waals surface area contributed by atoms with Gasteiger partial charge in [0.2, 0.25) is 23.1 Å². The van der Waals surface area contributed by atoms with Crippen molar-refractivity contribution in [3.05, 3.63) is 48.0 Å². The first-order chi connectivity index (χ1) is 16.4. The number of likely N-dealkylation sites (tertiary alicyclic amines) is 1. The molecule has 10 heteroatoms. The summed E-state index contributed by atoms with van der Waals surface area (Å²) in [5.41, 5.74) is 1.29. The van der Waals surface area contributed by atoms with Gasteiger partial charge in [0, 0.05) is 12.6 Å². The molecule has 2 amide bonds. The lowest BCUT2D eigenvalue weighted by Crippen LogP contribution is -2.45. The molecule has 0 radical (unpaired) electrons. The molecule has 1 fully saturated rings. The van der Waals surface area contributed by atoms with Gasteiger partial charge in [-0.25, -0.2) is 4.21 Å². The predicted octanol–water partition coefficient (Wildman–Crippen LogP) is 1.48. The van der Waals surface area contributed by atoms with Crippen LogP contribution in [0, 0.1) is 5.92 Å². The van der Waals surface area contributed by atoms with Gasteiger partial charge in [-0.05, 0) is 55.1 Å². The third kappa shape index (κ3) is 7.17. The molecule has 1 saturated heterocycles. The van der Waals surface area contributed by atoms with E-state index < -0.39 is 23.1 Å². The third-order valence-corrected chi connectivity index (χ3v) is 7.02. The highest BCUT2D eigenvalue weighted by Crippen LogP contribution is 2.31. The molecule has 9 nitrogen and oxygen atoms in total. The van der Waals surface area contributed by atoms with E-state index in [0.29, 0.717) is 12.8 Å². The van der Waals surface area contributed by atoms with Crippen LogP contribution in [0.3, 0.4) is 0 Å². The summed E-state index contributed by atoms with van der Waals surface area (Å²) < 4.78 is 22.7. The first-order valence-corrected chi connectivity index (χ1v) is 12.5. The Morgan fingerprint density at radius 2 is 1.85 bits per heavy atom. The summed E-state index contributed by atoms with van der Waals surface area (Å²) in [5, 5.41) is 7.20.